The van der Waals surface area contributed by atoms with Crippen molar-refractivity contribution in [1.29, 1.82) is 0 Å². The zero-order chi connectivity index (χ0) is 13.5. The lowest BCUT2D eigenvalue weighted by atomic mass is 9.98. The predicted octanol–water partition coefficient (Wildman–Crippen LogP) is 1.77. The monoisotopic (exact) mass is 256 g/mol. The van der Waals surface area contributed by atoms with Gasteiger partial charge in [0, 0.05) is 19.1 Å². The molecule has 2 amide bonds. The maximum absolute atomic E-state index is 12.0. The van der Waals surface area contributed by atoms with Crippen LogP contribution in [0.3, 0.4) is 0 Å². The number of likely N-dealkylation sites (tertiary alicyclic amines) is 1. The largest absolute Gasteiger partial charge is 0.466 e. The minimum Gasteiger partial charge on any atom is -0.466 e. The van der Waals surface area contributed by atoms with Crippen LogP contribution in [0.15, 0.2) is 0 Å². The highest BCUT2D eigenvalue weighted by Crippen LogP contribution is 2.18. The van der Waals surface area contributed by atoms with E-state index in [1.807, 2.05) is 13.8 Å². The number of piperidine rings is 1. The molecule has 0 aromatic carbocycles. The maximum Gasteiger partial charge on any atom is 0.317 e. The van der Waals surface area contributed by atoms with Gasteiger partial charge in [-0.1, -0.05) is 6.92 Å². The fourth-order valence-electron chi connectivity index (χ4n) is 2.02. The number of rotatable bonds is 4. The van der Waals surface area contributed by atoms with E-state index in [0.29, 0.717) is 13.2 Å². The van der Waals surface area contributed by atoms with Gasteiger partial charge >= 0.3 is 12.0 Å². The fourth-order valence-corrected chi connectivity index (χ4v) is 2.02. The normalized spacial score (nSPS) is 21.3. The fraction of sp³-hybridized carbons (Fsp3) is 0.846. The van der Waals surface area contributed by atoms with Crippen molar-refractivity contribution in [3.05, 3.63) is 0 Å². The first-order chi connectivity index (χ1) is 8.58. The van der Waals surface area contributed by atoms with Crippen molar-refractivity contribution in [1.82, 2.24) is 10.2 Å². The molecule has 1 rings (SSSR count). The molecule has 2 atom stereocenters. The van der Waals surface area contributed by atoms with E-state index in [0.717, 1.165) is 25.8 Å². The molecule has 0 saturated carbocycles. The van der Waals surface area contributed by atoms with E-state index in [-0.39, 0.29) is 24.0 Å². The molecule has 0 aliphatic carbocycles. The van der Waals surface area contributed by atoms with Gasteiger partial charge in [0.05, 0.1) is 12.5 Å². The van der Waals surface area contributed by atoms with Crippen LogP contribution in [-0.2, 0) is 9.53 Å². The second-order valence-corrected chi connectivity index (χ2v) is 4.80. The number of carbonyl (C=O) groups excluding carboxylic acids is 2. The zero-order valence-electron chi connectivity index (χ0n) is 11.6. The number of urea groups is 1. The number of carbonyl (C=O) groups is 2. The minimum atomic E-state index is -0.182. The Balaban J connectivity index is 2.47. The molecule has 1 heterocycles. The molecule has 2 unspecified atom stereocenters. The summed E-state index contributed by atoms with van der Waals surface area (Å²) in [6.07, 6.45) is 2.57. The second-order valence-electron chi connectivity index (χ2n) is 4.80. The van der Waals surface area contributed by atoms with Crippen LogP contribution in [0.4, 0.5) is 4.79 Å². The van der Waals surface area contributed by atoms with E-state index in [1.54, 1.807) is 11.8 Å². The molecule has 5 heteroatoms. The van der Waals surface area contributed by atoms with Gasteiger partial charge in [-0.2, -0.15) is 0 Å². The number of nitrogens with one attached hydrogen (secondary N) is 1. The first kappa shape index (κ1) is 14.8. The molecule has 0 radical (unpaired) electrons. The molecule has 1 fully saturated rings. The first-order valence-corrected chi connectivity index (χ1v) is 6.80. The van der Waals surface area contributed by atoms with Crippen molar-refractivity contribution in [2.45, 2.75) is 46.1 Å². The van der Waals surface area contributed by atoms with Gasteiger partial charge in [-0.3, -0.25) is 4.79 Å². The van der Waals surface area contributed by atoms with Crippen LogP contribution in [0.1, 0.15) is 40.0 Å². The number of esters is 1. The van der Waals surface area contributed by atoms with Crippen molar-refractivity contribution in [3.8, 4) is 0 Å². The molecule has 5 nitrogen and oxygen atoms in total. The summed E-state index contributed by atoms with van der Waals surface area (Å²) in [7, 11) is 0. The van der Waals surface area contributed by atoms with Crippen LogP contribution in [0.2, 0.25) is 0 Å². The summed E-state index contributed by atoms with van der Waals surface area (Å²) >= 11 is 0. The van der Waals surface area contributed by atoms with Gasteiger partial charge < -0.3 is 15.0 Å². The van der Waals surface area contributed by atoms with Crippen molar-refractivity contribution in [2.24, 2.45) is 5.92 Å². The molecule has 0 bridgehead atoms. The SMILES string of the molecule is CCOC(=O)C1CCCN(C(=O)NC(C)CC)C1. The maximum atomic E-state index is 12.0. The standard InChI is InChI=1S/C13H24N2O3/c1-4-10(3)14-13(17)15-8-6-7-11(9-15)12(16)18-5-2/h10-11H,4-9H2,1-3H3,(H,14,17). The predicted molar refractivity (Wildman–Crippen MR) is 69.2 cm³/mol. The van der Waals surface area contributed by atoms with Crippen molar-refractivity contribution in [2.75, 3.05) is 19.7 Å². The van der Waals surface area contributed by atoms with Crippen molar-refractivity contribution < 1.29 is 14.3 Å². The van der Waals surface area contributed by atoms with Gasteiger partial charge in [0.1, 0.15) is 0 Å². The highest BCUT2D eigenvalue weighted by Gasteiger charge is 2.29. The van der Waals surface area contributed by atoms with Crippen LogP contribution in [-0.4, -0.2) is 42.6 Å². The van der Waals surface area contributed by atoms with Gasteiger partial charge in [-0.15, -0.1) is 0 Å². The van der Waals surface area contributed by atoms with E-state index >= 15 is 0 Å². The van der Waals surface area contributed by atoms with E-state index in [4.69, 9.17) is 4.74 Å². The van der Waals surface area contributed by atoms with Gasteiger partial charge in [-0.05, 0) is 33.1 Å². The highest BCUT2D eigenvalue weighted by molar-refractivity contribution is 5.77. The molecule has 1 saturated heterocycles. The molecule has 1 N–H and O–H groups in total. The Hall–Kier alpha value is -1.26. The Labute approximate surface area is 109 Å². The van der Waals surface area contributed by atoms with Crippen LogP contribution < -0.4 is 5.32 Å². The van der Waals surface area contributed by atoms with Gasteiger partial charge in [0.2, 0.25) is 0 Å². The smallest absolute Gasteiger partial charge is 0.317 e. The van der Waals surface area contributed by atoms with E-state index in [1.165, 1.54) is 0 Å². The molecule has 0 spiro atoms. The average molecular weight is 256 g/mol. The van der Waals surface area contributed by atoms with Crippen LogP contribution >= 0.6 is 0 Å². The Kier molecular flexibility index (Phi) is 5.95. The van der Waals surface area contributed by atoms with E-state index < -0.39 is 0 Å². The third-order valence-corrected chi connectivity index (χ3v) is 3.31. The third kappa shape index (κ3) is 4.20. The number of amides is 2. The molecule has 0 aromatic heterocycles. The summed E-state index contributed by atoms with van der Waals surface area (Å²) < 4.78 is 5.01. The van der Waals surface area contributed by atoms with E-state index in [2.05, 4.69) is 5.32 Å². The summed E-state index contributed by atoms with van der Waals surface area (Å²) in [5.41, 5.74) is 0. The van der Waals surface area contributed by atoms with E-state index in [9.17, 15) is 9.59 Å². The number of ether oxygens (including phenoxy) is 1. The van der Waals surface area contributed by atoms with Gasteiger partial charge in [0.15, 0.2) is 0 Å². The Morgan fingerprint density at radius 2 is 2.17 bits per heavy atom. The summed E-state index contributed by atoms with van der Waals surface area (Å²) in [5.74, 6) is -0.347. The molecule has 1 aliphatic heterocycles. The number of hydrogen-bond donors (Lipinski definition) is 1. The number of nitrogens with zero attached hydrogens (tertiary/aromatic N) is 1. The number of hydrogen-bond acceptors (Lipinski definition) is 3. The first-order valence-electron chi connectivity index (χ1n) is 6.80. The summed E-state index contributed by atoms with van der Waals surface area (Å²) in [6.45, 7) is 7.40. The highest BCUT2D eigenvalue weighted by atomic mass is 16.5. The average Bonchev–Trinajstić information content (AvgIpc) is 2.39. The Bertz CT molecular complexity index is 294. The molecular weight excluding hydrogens is 232 g/mol. The molecule has 0 aromatic rings. The quantitative estimate of drug-likeness (QED) is 0.780. The molecular formula is C13H24N2O3. The zero-order valence-corrected chi connectivity index (χ0v) is 11.6. The van der Waals surface area contributed by atoms with Crippen LogP contribution in [0.5, 0.6) is 0 Å². The molecule has 18 heavy (non-hydrogen) atoms. The molecule has 1 aliphatic rings. The lowest BCUT2D eigenvalue weighted by Crippen LogP contribution is -2.49. The van der Waals surface area contributed by atoms with Gasteiger partial charge in [0.25, 0.3) is 0 Å². The summed E-state index contributed by atoms with van der Waals surface area (Å²) in [6, 6.07) is 0.0961. The Morgan fingerprint density at radius 3 is 2.78 bits per heavy atom. The van der Waals surface area contributed by atoms with Crippen molar-refractivity contribution in [3.63, 3.8) is 0 Å². The van der Waals surface area contributed by atoms with Gasteiger partial charge in [-0.25, -0.2) is 4.79 Å². The van der Waals surface area contributed by atoms with Crippen LogP contribution in [0, 0.1) is 5.92 Å². The van der Waals surface area contributed by atoms with Crippen molar-refractivity contribution >= 4 is 12.0 Å². The summed E-state index contributed by atoms with van der Waals surface area (Å²) in [5, 5.41) is 2.93. The lowest BCUT2D eigenvalue weighted by Gasteiger charge is -2.32. The minimum absolute atomic E-state index is 0.0710. The lowest BCUT2D eigenvalue weighted by molar-refractivity contribution is -0.149. The summed E-state index contributed by atoms with van der Waals surface area (Å²) in [4.78, 5) is 25.3. The topological polar surface area (TPSA) is 58.6 Å². The second kappa shape index (κ2) is 7.24. The third-order valence-electron chi connectivity index (χ3n) is 3.31. The molecule has 104 valence electrons. The Morgan fingerprint density at radius 1 is 1.44 bits per heavy atom. The van der Waals surface area contributed by atoms with Crippen LogP contribution in [0.25, 0.3) is 0 Å².